The van der Waals surface area contributed by atoms with Crippen molar-refractivity contribution in [2.24, 2.45) is 0 Å². The van der Waals surface area contributed by atoms with Gasteiger partial charge in [0, 0.05) is 19.9 Å². The summed E-state index contributed by atoms with van der Waals surface area (Å²) in [6, 6.07) is 9.71. The summed E-state index contributed by atoms with van der Waals surface area (Å²) in [6.45, 7) is 1.94. The van der Waals surface area contributed by atoms with Crippen LogP contribution in [0.4, 0.5) is 4.39 Å². The quantitative estimate of drug-likeness (QED) is 0.299. The van der Waals surface area contributed by atoms with Gasteiger partial charge < -0.3 is 5.32 Å². The number of halogens is 2. The monoisotopic (exact) mass is 452 g/mol. The van der Waals surface area contributed by atoms with Crippen molar-refractivity contribution in [3.63, 3.8) is 0 Å². The highest BCUT2D eigenvalue weighted by molar-refractivity contribution is 7.99. The molecule has 2 heterocycles. The van der Waals surface area contributed by atoms with Crippen LogP contribution in [-0.2, 0) is 11.2 Å². The molecule has 3 rings (SSSR count). The number of nitrogens with zero attached hydrogens (tertiary/aromatic N) is 3. The third-order valence-electron chi connectivity index (χ3n) is 3.93. The van der Waals surface area contributed by atoms with E-state index in [1.807, 2.05) is 0 Å². The van der Waals surface area contributed by atoms with Gasteiger partial charge in [0.2, 0.25) is 5.91 Å². The molecule has 2 aromatic heterocycles. The Kier molecular flexibility index (Phi) is 7.40. The number of thioether (sulfide) groups is 1. The number of nitrogens with one attached hydrogen (secondary N) is 1. The van der Waals surface area contributed by atoms with Crippen LogP contribution >= 0.6 is 34.7 Å². The molecule has 0 aliphatic heterocycles. The van der Waals surface area contributed by atoms with Crippen LogP contribution < -0.4 is 5.32 Å². The maximum absolute atomic E-state index is 14.5. The van der Waals surface area contributed by atoms with Gasteiger partial charge in [0.05, 0.1) is 20.7 Å². The Morgan fingerprint density at radius 2 is 2.03 bits per heavy atom. The number of carbonyl (C=O) groups is 2. The summed E-state index contributed by atoms with van der Waals surface area (Å²) in [7, 11) is 0. The Bertz CT molecular complexity index is 1020. The maximum Gasteiger partial charge on any atom is 0.216 e. The van der Waals surface area contributed by atoms with Gasteiger partial charge in [-0.05, 0) is 30.7 Å². The van der Waals surface area contributed by atoms with E-state index in [1.165, 1.54) is 36.1 Å². The molecule has 0 bridgehead atoms. The number of Topliss-reactive ketones (excluding diaryl/α,β-unsaturated/α-hetero) is 1. The number of rotatable bonds is 9. The first kappa shape index (κ1) is 21.5. The summed E-state index contributed by atoms with van der Waals surface area (Å²) >= 11 is 8.31. The zero-order valence-corrected chi connectivity index (χ0v) is 17.9. The molecule has 0 spiro atoms. The summed E-state index contributed by atoms with van der Waals surface area (Å²) in [5.74, 6) is 0.101. The lowest BCUT2D eigenvalue weighted by molar-refractivity contribution is -0.118. The van der Waals surface area contributed by atoms with E-state index in [1.54, 1.807) is 34.9 Å². The van der Waals surface area contributed by atoms with E-state index in [0.717, 1.165) is 0 Å². The standard InChI is InChI=1S/C19H18ClFN4O2S2/c1-12(26)22-10-4-7-18-23-24-19(25(18)14-6-3-2-5-13(14)21)28-11-15(27)16-8-9-17(20)29-16/h2-3,5-6,8-9H,4,7,10-11H2,1H3,(H,22,26). The molecule has 1 N–H and O–H groups in total. The lowest BCUT2D eigenvalue weighted by Crippen LogP contribution is -2.21. The fraction of sp³-hybridized carbons (Fsp3) is 0.263. The van der Waals surface area contributed by atoms with Crippen LogP contribution in [-0.4, -0.2) is 38.8 Å². The summed E-state index contributed by atoms with van der Waals surface area (Å²) in [6.07, 6.45) is 1.13. The normalized spacial score (nSPS) is 10.9. The van der Waals surface area contributed by atoms with E-state index in [-0.39, 0.29) is 17.4 Å². The summed E-state index contributed by atoms with van der Waals surface area (Å²) in [5, 5.41) is 11.5. The predicted molar refractivity (Wildman–Crippen MR) is 113 cm³/mol. The van der Waals surface area contributed by atoms with Gasteiger partial charge in [-0.25, -0.2) is 4.39 Å². The molecule has 0 fully saturated rings. The number of para-hydroxylation sites is 1. The minimum Gasteiger partial charge on any atom is -0.356 e. The number of benzene rings is 1. The fourth-order valence-electron chi connectivity index (χ4n) is 2.61. The van der Waals surface area contributed by atoms with Gasteiger partial charge in [-0.1, -0.05) is 35.5 Å². The SMILES string of the molecule is CC(=O)NCCCc1nnc(SCC(=O)c2ccc(Cl)s2)n1-c1ccccc1F. The van der Waals surface area contributed by atoms with Crippen molar-refractivity contribution in [2.75, 3.05) is 12.3 Å². The molecule has 0 aliphatic rings. The van der Waals surface area contributed by atoms with Gasteiger partial charge in [0.1, 0.15) is 11.6 Å². The Balaban J connectivity index is 1.79. The molecule has 0 radical (unpaired) electrons. The van der Waals surface area contributed by atoms with Crippen molar-refractivity contribution in [2.45, 2.75) is 24.9 Å². The highest BCUT2D eigenvalue weighted by Gasteiger charge is 2.19. The number of amides is 1. The molecule has 10 heteroatoms. The van der Waals surface area contributed by atoms with Crippen LogP contribution in [0, 0.1) is 5.82 Å². The molecule has 6 nitrogen and oxygen atoms in total. The van der Waals surface area contributed by atoms with E-state index < -0.39 is 5.82 Å². The smallest absolute Gasteiger partial charge is 0.216 e. The Morgan fingerprint density at radius 1 is 1.24 bits per heavy atom. The number of hydrogen-bond donors (Lipinski definition) is 1. The molecule has 3 aromatic rings. The van der Waals surface area contributed by atoms with E-state index in [4.69, 9.17) is 11.6 Å². The lowest BCUT2D eigenvalue weighted by atomic mass is 10.2. The average Bonchev–Trinajstić information content (AvgIpc) is 3.30. The molecule has 1 aromatic carbocycles. The Hall–Kier alpha value is -2.23. The highest BCUT2D eigenvalue weighted by atomic mass is 35.5. The first-order chi connectivity index (χ1) is 14.0. The summed E-state index contributed by atoms with van der Waals surface area (Å²) in [5.41, 5.74) is 0.321. The van der Waals surface area contributed by atoms with Crippen LogP contribution in [0.25, 0.3) is 5.69 Å². The van der Waals surface area contributed by atoms with Crippen molar-refractivity contribution < 1.29 is 14.0 Å². The van der Waals surface area contributed by atoms with Crippen molar-refractivity contribution in [3.05, 3.63) is 57.3 Å². The van der Waals surface area contributed by atoms with Crippen LogP contribution in [0.5, 0.6) is 0 Å². The van der Waals surface area contributed by atoms with Gasteiger partial charge >= 0.3 is 0 Å². The minimum atomic E-state index is -0.409. The first-order valence-corrected chi connectivity index (χ1v) is 11.0. The van der Waals surface area contributed by atoms with E-state index in [9.17, 15) is 14.0 Å². The molecule has 29 heavy (non-hydrogen) atoms. The van der Waals surface area contributed by atoms with E-state index >= 15 is 0 Å². The van der Waals surface area contributed by atoms with Crippen LogP contribution in [0.1, 0.15) is 28.8 Å². The number of ketones is 1. The molecule has 0 saturated heterocycles. The fourth-order valence-corrected chi connectivity index (χ4v) is 4.53. The average molecular weight is 453 g/mol. The van der Waals surface area contributed by atoms with Gasteiger partial charge in [0.15, 0.2) is 10.9 Å². The highest BCUT2D eigenvalue weighted by Crippen LogP contribution is 2.27. The number of aromatic nitrogens is 3. The zero-order chi connectivity index (χ0) is 20.8. The van der Waals surface area contributed by atoms with Crippen LogP contribution in [0.15, 0.2) is 41.6 Å². The molecular weight excluding hydrogens is 435 g/mol. The predicted octanol–water partition coefficient (Wildman–Crippen LogP) is 4.17. The number of hydrogen-bond acceptors (Lipinski definition) is 6. The van der Waals surface area contributed by atoms with Crippen molar-refractivity contribution >= 4 is 46.4 Å². The second-order valence-corrected chi connectivity index (χ2v) is 8.75. The summed E-state index contributed by atoms with van der Waals surface area (Å²) < 4.78 is 16.6. The van der Waals surface area contributed by atoms with Gasteiger partial charge in [0.25, 0.3) is 0 Å². The van der Waals surface area contributed by atoms with Gasteiger partial charge in [-0.2, -0.15) is 0 Å². The van der Waals surface area contributed by atoms with Crippen molar-refractivity contribution in [3.8, 4) is 5.69 Å². The number of thiophene rings is 1. The minimum absolute atomic E-state index is 0.0813. The van der Waals surface area contributed by atoms with Crippen LogP contribution in [0.3, 0.4) is 0 Å². The molecule has 152 valence electrons. The molecule has 1 amide bonds. The zero-order valence-electron chi connectivity index (χ0n) is 15.5. The molecule has 0 atom stereocenters. The topological polar surface area (TPSA) is 76.9 Å². The Morgan fingerprint density at radius 3 is 2.72 bits per heavy atom. The second kappa shape index (κ2) is 10.00. The first-order valence-electron chi connectivity index (χ1n) is 8.80. The number of aryl methyl sites for hydroxylation is 1. The van der Waals surface area contributed by atoms with Crippen molar-refractivity contribution in [1.82, 2.24) is 20.1 Å². The van der Waals surface area contributed by atoms with Gasteiger partial charge in [-0.15, -0.1) is 21.5 Å². The molecule has 0 aliphatic carbocycles. The van der Waals surface area contributed by atoms with Crippen LogP contribution in [0.2, 0.25) is 4.34 Å². The molecule has 0 unspecified atom stereocenters. The van der Waals surface area contributed by atoms with E-state index in [2.05, 4.69) is 15.5 Å². The largest absolute Gasteiger partial charge is 0.356 e. The lowest BCUT2D eigenvalue weighted by Gasteiger charge is -2.11. The third kappa shape index (κ3) is 5.65. The van der Waals surface area contributed by atoms with Crippen molar-refractivity contribution in [1.29, 1.82) is 0 Å². The van der Waals surface area contributed by atoms with Gasteiger partial charge in [-0.3, -0.25) is 14.2 Å². The summed E-state index contributed by atoms with van der Waals surface area (Å²) in [4.78, 5) is 24.0. The maximum atomic E-state index is 14.5. The Labute approximate surface area is 180 Å². The molecule has 0 saturated carbocycles. The molecular formula is C19H18ClFN4O2S2. The number of carbonyl (C=O) groups excluding carboxylic acids is 2. The second-order valence-electron chi connectivity index (χ2n) is 6.09. The van der Waals surface area contributed by atoms with E-state index in [0.29, 0.717) is 45.3 Å². The third-order valence-corrected chi connectivity index (χ3v) is 6.13.